The Kier molecular flexibility index (Phi) is 8.08. The van der Waals surface area contributed by atoms with Gasteiger partial charge < -0.3 is 20.5 Å². The molecule has 0 aromatic heterocycles. The topological polar surface area (TPSA) is 115 Å². The maximum atomic E-state index is 12.0. The van der Waals surface area contributed by atoms with E-state index in [1.165, 1.54) is 6.20 Å². The van der Waals surface area contributed by atoms with Gasteiger partial charge in [-0.25, -0.2) is 4.79 Å². The zero-order chi connectivity index (χ0) is 17.2. The molecule has 1 heterocycles. The number of carbonyl (C=O) groups excluding carboxylic acids is 1. The van der Waals surface area contributed by atoms with E-state index in [4.69, 9.17) is 15.1 Å². The second-order valence-electron chi connectivity index (χ2n) is 5.61. The minimum absolute atomic E-state index is 0.140. The first-order valence-electron chi connectivity index (χ1n) is 7.63. The second-order valence-corrected chi connectivity index (χ2v) is 5.61. The highest BCUT2D eigenvalue weighted by atomic mass is 16.5. The SMILES string of the molecule is CC(C)C(NC(=O)/C(C#N)=C\NCCN1CCOCC1)C(=O)O. The number of carboxylic acid groups (broad SMARTS) is 1. The van der Waals surface area contributed by atoms with Crippen LogP contribution in [-0.4, -0.2) is 67.3 Å². The summed E-state index contributed by atoms with van der Waals surface area (Å²) < 4.78 is 5.25. The van der Waals surface area contributed by atoms with Crippen LogP contribution in [0.5, 0.6) is 0 Å². The molecule has 1 rings (SSSR count). The van der Waals surface area contributed by atoms with E-state index in [0.29, 0.717) is 19.8 Å². The van der Waals surface area contributed by atoms with Gasteiger partial charge >= 0.3 is 5.97 Å². The van der Waals surface area contributed by atoms with Crippen molar-refractivity contribution in [2.24, 2.45) is 5.92 Å². The number of nitrogens with zero attached hydrogens (tertiary/aromatic N) is 2. The van der Waals surface area contributed by atoms with E-state index in [1.54, 1.807) is 19.9 Å². The fraction of sp³-hybridized carbons (Fsp3) is 0.667. The van der Waals surface area contributed by atoms with Crippen LogP contribution in [0.2, 0.25) is 0 Å². The number of aliphatic carboxylic acids is 1. The van der Waals surface area contributed by atoms with Gasteiger partial charge in [0.15, 0.2) is 0 Å². The third-order valence-electron chi connectivity index (χ3n) is 3.51. The van der Waals surface area contributed by atoms with Crippen LogP contribution in [0.15, 0.2) is 11.8 Å². The molecule has 3 N–H and O–H groups in total. The summed E-state index contributed by atoms with van der Waals surface area (Å²) in [5, 5.41) is 23.4. The number of carbonyl (C=O) groups is 2. The molecular weight excluding hydrogens is 300 g/mol. The predicted molar refractivity (Wildman–Crippen MR) is 83.4 cm³/mol. The third-order valence-corrected chi connectivity index (χ3v) is 3.51. The summed E-state index contributed by atoms with van der Waals surface area (Å²) in [7, 11) is 0. The van der Waals surface area contributed by atoms with Crippen molar-refractivity contribution >= 4 is 11.9 Å². The number of hydrogen-bond acceptors (Lipinski definition) is 6. The van der Waals surface area contributed by atoms with E-state index in [9.17, 15) is 9.59 Å². The largest absolute Gasteiger partial charge is 0.480 e. The minimum atomic E-state index is -1.12. The van der Waals surface area contributed by atoms with E-state index in [1.807, 2.05) is 0 Å². The molecule has 128 valence electrons. The van der Waals surface area contributed by atoms with Gasteiger partial charge in [-0.1, -0.05) is 13.8 Å². The molecule has 8 heteroatoms. The summed E-state index contributed by atoms with van der Waals surface area (Å²) in [5.74, 6) is -2.08. The van der Waals surface area contributed by atoms with Gasteiger partial charge in [-0.15, -0.1) is 0 Å². The van der Waals surface area contributed by atoms with Gasteiger partial charge in [-0.05, 0) is 5.92 Å². The number of rotatable bonds is 8. The number of nitriles is 1. The van der Waals surface area contributed by atoms with Crippen LogP contribution in [-0.2, 0) is 14.3 Å². The first kappa shape index (κ1) is 18.9. The summed E-state index contributed by atoms with van der Waals surface area (Å²) in [6.45, 7) is 7.91. The number of carboxylic acids is 1. The molecule has 0 saturated carbocycles. The Morgan fingerprint density at radius 2 is 2.04 bits per heavy atom. The number of ether oxygens (including phenoxy) is 1. The lowest BCUT2D eigenvalue weighted by Gasteiger charge is -2.26. The smallest absolute Gasteiger partial charge is 0.326 e. The maximum Gasteiger partial charge on any atom is 0.326 e. The molecule has 1 unspecified atom stereocenters. The van der Waals surface area contributed by atoms with Gasteiger partial charge in [0.1, 0.15) is 17.7 Å². The Balaban J connectivity index is 2.45. The Morgan fingerprint density at radius 1 is 1.39 bits per heavy atom. The van der Waals surface area contributed by atoms with Gasteiger partial charge in [0.2, 0.25) is 0 Å². The molecule has 8 nitrogen and oxygen atoms in total. The molecule has 1 amide bonds. The zero-order valence-corrected chi connectivity index (χ0v) is 13.5. The highest BCUT2D eigenvalue weighted by Gasteiger charge is 2.24. The van der Waals surface area contributed by atoms with Crippen LogP contribution >= 0.6 is 0 Å². The Hall–Kier alpha value is -2.11. The summed E-state index contributed by atoms with van der Waals surface area (Å²) in [6.07, 6.45) is 1.33. The van der Waals surface area contributed by atoms with Crippen molar-refractivity contribution in [3.8, 4) is 6.07 Å². The van der Waals surface area contributed by atoms with Crippen molar-refractivity contribution in [2.45, 2.75) is 19.9 Å². The van der Waals surface area contributed by atoms with Gasteiger partial charge in [-0.2, -0.15) is 5.26 Å². The molecule has 0 aromatic carbocycles. The standard InChI is InChI=1S/C15H24N4O4/c1-11(2)13(15(21)22)18-14(20)12(9-16)10-17-3-4-19-5-7-23-8-6-19/h10-11,13,17H,3-8H2,1-2H3,(H,18,20)(H,21,22)/b12-10-. The molecule has 1 aliphatic rings. The number of amides is 1. The lowest BCUT2D eigenvalue weighted by Crippen LogP contribution is -2.45. The van der Waals surface area contributed by atoms with Crippen molar-refractivity contribution in [1.82, 2.24) is 15.5 Å². The lowest BCUT2D eigenvalue weighted by molar-refractivity contribution is -0.142. The average Bonchev–Trinajstić information content (AvgIpc) is 2.52. The summed E-state index contributed by atoms with van der Waals surface area (Å²) in [6, 6.07) is 0.763. The molecule has 0 radical (unpaired) electrons. The summed E-state index contributed by atoms with van der Waals surface area (Å²) >= 11 is 0. The quantitative estimate of drug-likeness (QED) is 0.314. The van der Waals surface area contributed by atoms with Gasteiger partial charge in [0, 0.05) is 32.4 Å². The van der Waals surface area contributed by atoms with Crippen molar-refractivity contribution in [3.05, 3.63) is 11.8 Å². The molecule has 1 saturated heterocycles. The normalized spacial score (nSPS) is 17.4. The summed E-state index contributed by atoms with van der Waals surface area (Å²) in [5.41, 5.74) is -0.140. The van der Waals surface area contributed by atoms with Gasteiger partial charge in [-0.3, -0.25) is 9.69 Å². The van der Waals surface area contributed by atoms with E-state index in [-0.39, 0.29) is 11.5 Å². The first-order valence-corrected chi connectivity index (χ1v) is 7.63. The summed E-state index contributed by atoms with van der Waals surface area (Å²) in [4.78, 5) is 25.2. The minimum Gasteiger partial charge on any atom is -0.480 e. The van der Waals surface area contributed by atoms with Crippen LogP contribution < -0.4 is 10.6 Å². The van der Waals surface area contributed by atoms with E-state index < -0.39 is 17.9 Å². The molecule has 0 aliphatic carbocycles. The highest BCUT2D eigenvalue weighted by Crippen LogP contribution is 2.03. The lowest BCUT2D eigenvalue weighted by atomic mass is 10.0. The molecule has 23 heavy (non-hydrogen) atoms. The zero-order valence-electron chi connectivity index (χ0n) is 13.5. The van der Waals surface area contributed by atoms with E-state index >= 15 is 0 Å². The van der Waals surface area contributed by atoms with E-state index in [2.05, 4.69) is 15.5 Å². The Morgan fingerprint density at radius 3 is 2.57 bits per heavy atom. The maximum absolute atomic E-state index is 12.0. The molecule has 0 spiro atoms. The third kappa shape index (κ3) is 6.67. The van der Waals surface area contributed by atoms with Crippen LogP contribution in [0.1, 0.15) is 13.8 Å². The fourth-order valence-corrected chi connectivity index (χ4v) is 2.10. The monoisotopic (exact) mass is 324 g/mol. The van der Waals surface area contributed by atoms with Crippen molar-refractivity contribution in [2.75, 3.05) is 39.4 Å². The molecule has 1 aliphatic heterocycles. The molecule has 0 bridgehead atoms. The first-order chi connectivity index (χ1) is 11.0. The number of hydrogen-bond donors (Lipinski definition) is 3. The number of morpholine rings is 1. The van der Waals surface area contributed by atoms with Gasteiger partial charge in [0.25, 0.3) is 5.91 Å². The Bertz CT molecular complexity index is 478. The van der Waals surface area contributed by atoms with Crippen LogP contribution in [0.25, 0.3) is 0 Å². The predicted octanol–water partition coefficient (Wildman–Crippen LogP) is -0.459. The van der Waals surface area contributed by atoms with E-state index in [0.717, 1.165) is 19.6 Å². The van der Waals surface area contributed by atoms with Crippen molar-refractivity contribution < 1.29 is 19.4 Å². The molecular formula is C15H24N4O4. The van der Waals surface area contributed by atoms with Gasteiger partial charge in [0.05, 0.1) is 13.2 Å². The van der Waals surface area contributed by atoms with Crippen LogP contribution in [0, 0.1) is 17.2 Å². The van der Waals surface area contributed by atoms with Crippen molar-refractivity contribution in [1.29, 1.82) is 5.26 Å². The van der Waals surface area contributed by atoms with Crippen LogP contribution in [0.3, 0.4) is 0 Å². The Labute approximate surface area is 136 Å². The van der Waals surface area contributed by atoms with Crippen LogP contribution in [0.4, 0.5) is 0 Å². The molecule has 1 fully saturated rings. The number of nitrogens with one attached hydrogen (secondary N) is 2. The highest BCUT2D eigenvalue weighted by molar-refractivity contribution is 5.99. The van der Waals surface area contributed by atoms with Crippen molar-refractivity contribution in [3.63, 3.8) is 0 Å². The molecule has 0 aromatic rings. The second kappa shape index (κ2) is 9.82. The fourth-order valence-electron chi connectivity index (χ4n) is 2.10. The molecule has 1 atom stereocenters. The average molecular weight is 324 g/mol.